The van der Waals surface area contributed by atoms with Crippen LogP contribution in [-0.4, -0.2) is 23.2 Å². The number of hydrogen-bond donors (Lipinski definition) is 1. The van der Waals surface area contributed by atoms with Crippen LogP contribution in [0.25, 0.3) is 0 Å². The number of carbonyl (C=O) groups excluding carboxylic acids is 1. The van der Waals surface area contributed by atoms with Gasteiger partial charge in [0.25, 0.3) is 0 Å². The van der Waals surface area contributed by atoms with Gasteiger partial charge in [0.15, 0.2) is 0 Å². The van der Waals surface area contributed by atoms with Crippen molar-refractivity contribution in [2.45, 2.75) is 39.0 Å². The van der Waals surface area contributed by atoms with Crippen LogP contribution >= 0.6 is 11.8 Å². The number of rotatable bonds is 3. The molecule has 1 heterocycles. The summed E-state index contributed by atoms with van der Waals surface area (Å²) >= 11 is 1.83. The molecular formula is C21H26N2OS. The highest BCUT2D eigenvalue weighted by molar-refractivity contribution is 7.99. The fraction of sp³-hybridized carbons (Fsp3) is 0.381. The Morgan fingerprint density at radius 1 is 1.12 bits per heavy atom. The second kappa shape index (κ2) is 7.52. The summed E-state index contributed by atoms with van der Waals surface area (Å²) in [5.74, 6) is 1.49. The molecule has 3 nitrogen and oxygen atoms in total. The molecule has 0 radical (unpaired) electrons. The van der Waals surface area contributed by atoms with Gasteiger partial charge in [-0.3, -0.25) is 0 Å². The van der Waals surface area contributed by atoms with E-state index in [1.54, 1.807) is 0 Å². The summed E-state index contributed by atoms with van der Waals surface area (Å²) in [6.07, 6.45) is 0. The average molecular weight is 355 g/mol. The smallest absolute Gasteiger partial charge is 0.308 e. The van der Waals surface area contributed by atoms with E-state index in [1.165, 1.54) is 11.1 Å². The Hall–Kier alpha value is -1.94. The van der Waals surface area contributed by atoms with Gasteiger partial charge in [-0.1, -0.05) is 56.3 Å². The Labute approximate surface area is 154 Å². The molecule has 0 aromatic heterocycles. The zero-order valence-corrected chi connectivity index (χ0v) is 16.2. The first-order chi connectivity index (χ1) is 12.0. The number of carbonyl (C=O) groups is 1. The number of urea groups is 1. The number of thioether (sulfide) groups is 1. The minimum absolute atomic E-state index is 0.0136. The lowest BCUT2D eigenvalue weighted by Crippen LogP contribution is -2.34. The first-order valence-electron chi connectivity index (χ1n) is 8.82. The number of nitrogens with one attached hydrogen (secondary N) is 1. The molecule has 2 amide bonds. The molecule has 1 aliphatic heterocycles. The Bertz CT molecular complexity index is 735. The summed E-state index contributed by atoms with van der Waals surface area (Å²) in [7, 11) is 0. The summed E-state index contributed by atoms with van der Waals surface area (Å²) < 4.78 is 0. The predicted molar refractivity (Wildman–Crippen MR) is 107 cm³/mol. The molecule has 0 spiro atoms. The highest BCUT2D eigenvalue weighted by Crippen LogP contribution is 2.38. The molecule has 2 aromatic carbocycles. The van der Waals surface area contributed by atoms with E-state index in [2.05, 4.69) is 43.4 Å². The van der Waals surface area contributed by atoms with Crippen molar-refractivity contribution >= 4 is 23.5 Å². The van der Waals surface area contributed by atoms with Crippen molar-refractivity contribution in [1.29, 1.82) is 0 Å². The molecule has 0 saturated carbocycles. The van der Waals surface area contributed by atoms with E-state index in [4.69, 9.17) is 0 Å². The van der Waals surface area contributed by atoms with E-state index >= 15 is 0 Å². The number of anilines is 1. The number of aryl methyl sites for hydroxylation is 2. The molecular weight excluding hydrogens is 328 g/mol. The molecule has 1 atom stereocenters. The van der Waals surface area contributed by atoms with Crippen molar-refractivity contribution in [2.24, 2.45) is 0 Å². The second-order valence-electron chi connectivity index (χ2n) is 6.93. The molecule has 0 unspecified atom stereocenters. The number of para-hydroxylation sites is 1. The zero-order valence-electron chi connectivity index (χ0n) is 15.4. The van der Waals surface area contributed by atoms with Gasteiger partial charge in [0.2, 0.25) is 0 Å². The number of benzene rings is 2. The highest BCUT2D eigenvalue weighted by atomic mass is 32.2. The number of nitrogens with zero attached hydrogens (tertiary/aromatic N) is 1. The van der Waals surface area contributed by atoms with Gasteiger partial charge in [-0.15, -0.1) is 11.8 Å². The summed E-state index contributed by atoms with van der Waals surface area (Å²) in [5, 5.41) is 3.21. The van der Waals surface area contributed by atoms with Crippen molar-refractivity contribution in [1.82, 2.24) is 4.90 Å². The fourth-order valence-corrected chi connectivity index (χ4v) is 4.45. The van der Waals surface area contributed by atoms with Crippen LogP contribution in [-0.2, 0) is 0 Å². The van der Waals surface area contributed by atoms with Gasteiger partial charge in [-0.25, -0.2) is 4.79 Å². The first-order valence-corrected chi connectivity index (χ1v) is 9.87. The van der Waals surface area contributed by atoms with E-state index in [1.807, 2.05) is 48.7 Å². The third kappa shape index (κ3) is 3.84. The minimum Gasteiger partial charge on any atom is -0.308 e. The van der Waals surface area contributed by atoms with Crippen LogP contribution in [0.2, 0.25) is 0 Å². The van der Waals surface area contributed by atoms with Crippen molar-refractivity contribution in [3.63, 3.8) is 0 Å². The van der Waals surface area contributed by atoms with E-state index in [0.29, 0.717) is 5.92 Å². The van der Waals surface area contributed by atoms with Crippen LogP contribution in [0.5, 0.6) is 0 Å². The summed E-state index contributed by atoms with van der Waals surface area (Å²) in [6.45, 7) is 9.23. The van der Waals surface area contributed by atoms with Crippen molar-refractivity contribution in [2.75, 3.05) is 17.6 Å². The topological polar surface area (TPSA) is 32.3 Å². The van der Waals surface area contributed by atoms with Crippen LogP contribution in [0, 0.1) is 13.8 Å². The predicted octanol–water partition coefficient (Wildman–Crippen LogP) is 5.71. The van der Waals surface area contributed by atoms with Crippen LogP contribution in [0.1, 0.15) is 47.4 Å². The first kappa shape index (κ1) is 17.9. The Kier molecular flexibility index (Phi) is 5.38. The fourth-order valence-electron chi connectivity index (χ4n) is 3.19. The maximum absolute atomic E-state index is 12.9. The summed E-state index contributed by atoms with van der Waals surface area (Å²) in [4.78, 5) is 14.8. The maximum atomic E-state index is 12.9. The standard InChI is InChI=1S/C21H26N2OS/c1-14(2)17-8-10-18(11-9-17)20-23(12-13-25-20)21(24)22-19-15(3)6-5-7-16(19)4/h5-11,14,20H,12-13H2,1-4H3,(H,22,24)/t20-/m0/s1. The third-order valence-electron chi connectivity index (χ3n) is 4.75. The van der Waals surface area contributed by atoms with Crippen LogP contribution in [0.4, 0.5) is 10.5 Å². The third-order valence-corrected chi connectivity index (χ3v) is 6.01. The largest absolute Gasteiger partial charge is 0.323 e. The lowest BCUT2D eigenvalue weighted by atomic mass is 10.0. The van der Waals surface area contributed by atoms with Crippen molar-refractivity contribution in [3.05, 3.63) is 64.7 Å². The summed E-state index contributed by atoms with van der Waals surface area (Å²) in [6, 6.07) is 14.8. The van der Waals surface area contributed by atoms with E-state index in [0.717, 1.165) is 29.1 Å². The van der Waals surface area contributed by atoms with Crippen LogP contribution < -0.4 is 5.32 Å². The zero-order chi connectivity index (χ0) is 18.0. The minimum atomic E-state index is -0.0136. The van der Waals surface area contributed by atoms with Crippen LogP contribution in [0.3, 0.4) is 0 Å². The molecule has 1 N–H and O–H groups in total. The number of hydrogen-bond acceptors (Lipinski definition) is 2. The van der Waals surface area contributed by atoms with Gasteiger partial charge in [-0.05, 0) is 42.0 Å². The van der Waals surface area contributed by atoms with Crippen molar-refractivity contribution < 1.29 is 4.79 Å². The molecule has 0 bridgehead atoms. The molecule has 1 saturated heterocycles. The monoisotopic (exact) mass is 354 g/mol. The van der Waals surface area contributed by atoms with Crippen LogP contribution in [0.15, 0.2) is 42.5 Å². The molecule has 1 aliphatic rings. The Morgan fingerprint density at radius 3 is 2.36 bits per heavy atom. The SMILES string of the molecule is Cc1cccc(C)c1NC(=O)N1CCS[C@H]1c1ccc(C(C)C)cc1. The van der Waals surface area contributed by atoms with E-state index < -0.39 is 0 Å². The average Bonchev–Trinajstić information content (AvgIpc) is 3.08. The van der Waals surface area contributed by atoms with Gasteiger partial charge < -0.3 is 10.2 Å². The Morgan fingerprint density at radius 2 is 1.76 bits per heavy atom. The van der Waals surface area contributed by atoms with Gasteiger partial charge in [0.1, 0.15) is 5.37 Å². The second-order valence-corrected chi connectivity index (χ2v) is 8.12. The van der Waals surface area contributed by atoms with E-state index in [9.17, 15) is 4.79 Å². The Balaban J connectivity index is 1.78. The number of amides is 2. The molecule has 25 heavy (non-hydrogen) atoms. The molecule has 0 aliphatic carbocycles. The molecule has 132 valence electrons. The lowest BCUT2D eigenvalue weighted by Gasteiger charge is -2.25. The van der Waals surface area contributed by atoms with Crippen molar-refractivity contribution in [3.8, 4) is 0 Å². The van der Waals surface area contributed by atoms with Gasteiger partial charge in [0.05, 0.1) is 0 Å². The van der Waals surface area contributed by atoms with Gasteiger partial charge in [-0.2, -0.15) is 0 Å². The van der Waals surface area contributed by atoms with Gasteiger partial charge in [0, 0.05) is 18.0 Å². The van der Waals surface area contributed by atoms with E-state index in [-0.39, 0.29) is 11.4 Å². The summed E-state index contributed by atoms with van der Waals surface area (Å²) in [5.41, 5.74) is 5.65. The molecule has 4 heteroatoms. The van der Waals surface area contributed by atoms with Gasteiger partial charge >= 0.3 is 6.03 Å². The maximum Gasteiger partial charge on any atom is 0.323 e. The highest BCUT2D eigenvalue weighted by Gasteiger charge is 2.31. The molecule has 1 fully saturated rings. The molecule has 3 rings (SSSR count). The normalized spacial score (nSPS) is 17.2. The quantitative estimate of drug-likeness (QED) is 0.766. The molecule has 2 aromatic rings. The lowest BCUT2D eigenvalue weighted by molar-refractivity contribution is 0.214.